The van der Waals surface area contributed by atoms with Crippen molar-refractivity contribution in [3.05, 3.63) is 557 Å². The number of hydrogen-bond donors (Lipinski definition) is 0. The molecule has 0 bridgehead atoms. The van der Waals surface area contributed by atoms with Crippen molar-refractivity contribution in [1.82, 2.24) is 0 Å². The molecule has 0 N–H and O–H groups in total. The highest BCUT2D eigenvalue weighted by Crippen LogP contribution is 2.55. The van der Waals surface area contributed by atoms with E-state index in [4.69, 9.17) is 0 Å². The van der Waals surface area contributed by atoms with Crippen LogP contribution in [0.4, 0.5) is 0 Å². The van der Waals surface area contributed by atoms with Crippen molar-refractivity contribution in [3.63, 3.8) is 0 Å². The van der Waals surface area contributed by atoms with Crippen LogP contribution in [-0.2, 0) is 0 Å². The molecule has 150 heavy (non-hydrogen) atoms. The molecule has 0 aliphatic heterocycles. The third-order valence-electron chi connectivity index (χ3n) is 32.0. The summed E-state index contributed by atoms with van der Waals surface area (Å²) >= 11 is 0. The Morgan fingerprint density at radius 2 is 0.273 bits per heavy atom. The van der Waals surface area contributed by atoms with Crippen LogP contribution in [0.25, 0.3) is 304 Å². The Morgan fingerprint density at radius 1 is 0.0933 bits per heavy atom. The number of benzene rings is 32. The van der Waals surface area contributed by atoms with Crippen LogP contribution in [-0.4, -0.2) is 0 Å². The average Bonchev–Trinajstić information content (AvgIpc) is 0.689. The summed E-state index contributed by atoms with van der Waals surface area (Å²) in [5, 5.41) is 51.7. The standard InChI is InChI=1S/C50H28.C38H24.C32H24.C30H20/c1-2-8-36-28-44-43(27-35(36)7-1)49(41-25-21-33-17-15-29-9-5-11-31-19-23-39(41)47(33)45(29)31)37-13-3-4-14-38(37)50(44)42-26-22-34-18-16-30-10-6-12-32-20-24-40(42)48(34)46(30)32;1-3-11-27-21-31(19-17-25(27)9-1)37-33-15-7-8-16-34(33)38(32-20-18-26-10-2-4-12-28(26)22-32)36-24-30-14-6-5-13-29(30)23-35(36)37;1-21-11-15-23(16-12-21)31-27-9-5-6-10-28(27)32(24-17-13-22(2)14-18-24)30-20-26-8-4-3-7-25(26)19-29(30)31;1-3-11-21(12-4-1)29-25-17-9-10-18-26(25)30(22-13-5-2-6-14-22)28-20-24-16-8-7-15-23(24)19-27(28)29/h1-28H;1-24H;3-20H,1-2H3;1-20H. The molecule has 696 valence electrons. The zero-order valence-electron chi connectivity index (χ0n) is 83.0. The second-order valence-electron chi connectivity index (χ2n) is 40.7. The fourth-order valence-corrected chi connectivity index (χ4v) is 25.1. The molecule has 32 rings (SSSR count). The topological polar surface area (TPSA) is 0 Å². The van der Waals surface area contributed by atoms with E-state index in [1.54, 1.807) is 0 Å². The van der Waals surface area contributed by atoms with Gasteiger partial charge >= 0.3 is 0 Å². The highest BCUT2D eigenvalue weighted by molar-refractivity contribution is 6.35. The zero-order chi connectivity index (χ0) is 99.1. The van der Waals surface area contributed by atoms with E-state index < -0.39 is 0 Å². The molecule has 0 saturated heterocycles. The van der Waals surface area contributed by atoms with Gasteiger partial charge in [0.05, 0.1) is 0 Å². The van der Waals surface area contributed by atoms with Crippen LogP contribution < -0.4 is 0 Å². The van der Waals surface area contributed by atoms with Crippen LogP contribution >= 0.6 is 0 Å². The molecule has 0 aliphatic rings. The first-order valence-electron chi connectivity index (χ1n) is 52.3. The van der Waals surface area contributed by atoms with Gasteiger partial charge in [0.25, 0.3) is 0 Å². The van der Waals surface area contributed by atoms with Gasteiger partial charge in [0, 0.05) is 0 Å². The minimum atomic E-state index is 1.25. The Morgan fingerprint density at radius 3 is 0.547 bits per heavy atom. The third kappa shape index (κ3) is 14.7. The Bertz CT molecular complexity index is 10500. The second kappa shape index (κ2) is 35.9. The van der Waals surface area contributed by atoms with E-state index in [1.165, 1.54) is 316 Å². The van der Waals surface area contributed by atoms with Gasteiger partial charge in [0.2, 0.25) is 0 Å². The van der Waals surface area contributed by atoms with Crippen LogP contribution in [0.1, 0.15) is 11.1 Å². The van der Waals surface area contributed by atoms with Crippen molar-refractivity contribution in [3.8, 4) is 89.0 Å². The van der Waals surface area contributed by atoms with Gasteiger partial charge in [-0.15, -0.1) is 0 Å². The van der Waals surface area contributed by atoms with Crippen LogP contribution in [0.2, 0.25) is 0 Å². The van der Waals surface area contributed by atoms with E-state index in [0.29, 0.717) is 0 Å². The number of fused-ring (bicyclic) bond motifs is 14. The molecule has 0 aliphatic carbocycles. The fourth-order valence-electron chi connectivity index (χ4n) is 25.1. The maximum absolute atomic E-state index is 2.45. The van der Waals surface area contributed by atoms with Gasteiger partial charge in [-0.2, -0.15) is 0 Å². The molecule has 0 aromatic heterocycles. The maximum Gasteiger partial charge on any atom is -0.00199 e. The number of aryl methyl sites for hydroxylation is 2. The zero-order valence-corrected chi connectivity index (χ0v) is 83.0. The molecule has 0 radical (unpaired) electrons. The quantitative estimate of drug-likeness (QED) is 0.105. The molecule has 0 spiro atoms. The van der Waals surface area contributed by atoms with Crippen molar-refractivity contribution < 1.29 is 0 Å². The highest BCUT2D eigenvalue weighted by atomic mass is 14.3. The van der Waals surface area contributed by atoms with Gasteiger partial charge in [0.1, 0.15) is 0 Å². The molecule has 0 heteroatoms. The number of hydrogen-bond acceptors (Lipinski definition) is 0. The monoisotopic (exact) mass is 1900 g/mol. The smallest absolute Gasteiger partial charge is 0.00199 e. The molecule has 32 aromatic rings. The van der Waals surface area contributed by atoms with Crippen molar-refractivity contribution in [2.45, 2.75) is 13.8 Å². The highest BCUT2D eigenvalue weighted by Gasteiger charge is 2.27. The van der Waals surface area contributed by atoms with Crippen molar-refractivity contribution in [2.24, 2.45) is 0 Å². The van der Waals surface area contributed by atoms with E-state index in [2.05, 4.69) is 560 Å². The van der Waals surface area contributed by atoms with E-state index >= 15 is 0 Å². The summed E-state index contributed by atoms with van der Waals surface area (Å²) in [6.45, 7) is 4.29. The van der Waals surface area contributed by atoms with Gasteiger partial charge in [-0.1, -0.05) is 496 Å². The Balaban J connectivity index is 0.0000000959. The summed E-state index contributed by atoms with van der Waals surface area (Å²) in [4.78, 5) is 0. The molecule has 32 aromatic carbocycles. The Labute approximate surface area is 868 Å². The number of rotatable bonds is 8. The van der Waals surface area contributed by atoms with Crippen LogP contribution in [0.3, 0.4) is 0 Å². The van der Waals surface area contributed by atoms with E-state index in [-0.39, 0.29) is 0 Å². The molecule has 0 saturated carbocycles. The lowest BCUT2D eigenvalue weighted by Gasteiger charge is -2.22. The predicted octanol–water partition coefficient (Wildman–Crippen LogP) is 42.6. The molecule has 0 nitrogen and oxygen atoms in total. The SMILES string of the molecule is Cc1ccc(-c2c3ccccc3c(-c3ccc(C)cc3)c3cc4ccccc4cc23)cc1.c1ccc(-c2c3ccccc3c(-c3ccccc3)c3cc4ccccc4cc23)cc1.c1ccc2cc(-c3c4ccccc4c(-c4ccc5ccccc5c4)c4cc5ccccc5cc34)ccc2c1.c1ccc2cc3c(-c4ccc5ccc6cccc7ccc4c5c67)c4ccccc4c(-c4ccc5ccc6cccc7ccc4c5c67)c3cc2c1. The summed E-state index contributed by atoms with van der Waals surface area (Å²) in [6, 6.07) is 201. The average molecular weight is 1900 g/mol. The van der Waals surface area contributed by atoms with E-state index in [0.717, 1.165) is 0 Å². The van der Waals surface area contributed by atoms with E-state index in [9.17, 15) is 0 Å². The summed E-state index contributed by atoms with van der Waals surface area (Å²) in [7, 11) is 0. The fraction of sp³-hybridized carbons (Fsp3) is 0.0133. The summed E-state index contributed by atoms with van der Waals surface area (Å²) in [5.74, 6) is 0. The van der Waals surface area contributed by atoms with Gasteiger partial charge in [0.15, 0.2) is 0 Å². The summed E-state index contributed by atoms with van der Waals surface area (Å²) in [5.41, 5.74) is 23.2. The lowest BCUT2D eigenvalue weighted by Crippen LogP contribution is -1.94. The second-order valence-corrected chi connectivity index (χ2v) is 40.7. The van der Waals surface area contributed by atoms with Crippen molar-refractivity contribution in [2.75, 3.05) is 0 Å². The van der Waals surface area contributed by atoms with Crippen LogP contribution in [0, 0.1) is 13.8 Å². The van der Waals surface area contributed by atoms with Gasteiger partial charge in [-0.05, 0) is 379 Å². The van der Waals surface area contributed by atoms with E-state index in [1.807, 2.05) is 0 Å². The lowest BCUT2D eigenvalue weighted by atomic mass is 9.81. The Kier molecular flexibility index (Phi) is 20.9. The Hall–Kier alpha value is -19.2. The lowest BCUT2D eigenvalue weighted by molar-refractivity contribution is 1.47. The molecular formula is C150H96. The summed E-state index contributed by atoms with van der Waals surface area (Å²) in [6.07, 6.45) is 0. The van der Waals surface area contributed by atoms with Crippen LogP contribution in [0.5, 0.6) is 0 Å². The van der Waals surface area contributed by atoms with Gasteiger partial charge < -0.3 is 0 Å². The predicted molar refractivity (Wildman–Crippen MR) is 651 cm³/mol. The minimum absolute atomic E-state index is 1.25. The molecule has 0 unspecified atom stereocenters. The summed E-state index contributed by atoms with van der Waals surface area (Å²) < 4.78 is 0. The van der Waals surface area contributed by atoms with Crippen molar-refractivity contribution in [1.29, 1.82) is 0 Å². The maximum atomic E-state index is 2.45. The van der Waals surface area contributed by atoms with Crippen molar-refractivity contribution >= 4 is 215 Å². The molecule has 0 atom stereocenters. The van der Waals surface area contributed by atoms with Gasteiger partial charge in [-0.25, -0.2) is 0 Å². The first-order valence-corrected chi connectivity index (χ1v) is 52.3. The molecular weight excluding hydrogens is 1800 g/mol. The molecule has 0 heterocycles. The first kappa shape index (κ1) is 87.4. The van der Waals surface area contributed by atoms with Gasteiger partial charge in [-0.3, -0.25) is 0 Å². The molecule has 0 fully saturated rings. The molecule has 0 amide bonds. The third-order valence-corrected chi connectivity index (χ3v) is 32.0. The first-order chi connectivity index (χ1) is 74.2. The largest absolute Gasteiger partial charge is 0.0622 e. The van der Waals surface area contributed by atoms with Crippen LogP contribution in [0.15, 0.2) is 546 Å². The normalized spacial score (nSPS) is 11.8. The minimum Gasteiger partial charge on any atom is -0.0622 e.